The van der Waals surface area contributed by atoms with Crippen molar-refractivity contribution < 1.29 is 4.98 Å². The van der Waals surface area contributed by atoms with Gasteiger partial charge in [0.25, 0.3) is 0 Å². The van der Waals surface area contributed by atoms with Gasteiger partial charge >= 0.3 is 0 Å². The molecule has 0 fully saturated rings. The molecule has 0 atom stereocenters. The molecule has 0 radical (unpaired) electrons. The first kappa shape index (κ1) is 20.5. The number of benzene rings is 2. The Balaban J connectivity index is 1.54. The van der Waals surface area contributed by atoms with Crippen LogP contribution in [0.2, 0.25) is 0 Å². The Morgan fingerprint density at radius 1 is 0.600 bits per heavy atom. The van der Waals surface area contributed by atoms with Gasteiger partial charge in [-0.2, -0.15) is 0 Å². The molecule has 0 saturated carbocycles. The van der Waals surface area contributed by atoms with Crippen molar-refractivity contribution in [3.8, 4) is 11.4 Å². The van der Waals surface area contributed by atoms with E-state index >= 15 is 0 Å². The Labute approximate surface area is 193 Å². The number of hydrogen-bond donors (Lipinski definition) is 0. The van der Waals surface area contributed by atoms with Crippen LogP contribution in [0.15, 0.2) is 94.1 Å². The van der Waals surface area contributed by atoms with E-state index in [-0.39, 0.29) is 0 Å². The van der Waals surface area contributed by atoms with Crippen LogP contribution in [0.25, 0.3) is 35.7 Å². The quantitative estimate of drug-likeness (QED) is 0.270. The molecule has 0 amide bonds. The third-order valence-corrected chi connectivity index (χ3v) is 5.62. The Hall–Kier alpha value is -2.82. The summed E-state index contributed by atoms with van der Waals surface area (Å²) in [5, 5.41) is 0. The highest BCUT2D eigenvalue weighted by Gasteiger charge is 2.07. The van der Waals surface area contributed by atoms with Crippen LogP contribution in [-0.2, 0) is 0 Å². The predicted octanol–water partition coefficient (Wildman–Crippen LogP) is 7.43. The maximum absolute atomic E-state index is 4.54. The normalized spacial score (nSPS) is 11.4. The van der Waals surface area contributed by atoms with Crippen molar-refractivity contribution in [1.82, 2.24) is 4.98 Å². The molecule has 0 spiro atoms. The standard InChI is InChI=1S/C26H18Br2N2/c27-23-9-5-19(6-10-23)1-3-21-13-15-29-25(17-21)26-18-22(14-16-30-26)4-2-20-7-11-24(28)12-8-20/h1-18H/p+1/b3-1+,4-2+. The van der Waals surface area contributed by atoms with Crippen molar-refractivity contribution in [2.75, 3.05) is 0 Å². The first-order chi connectivity index (χ1) is 14.7. The summed E-state index contributed by atoms with van der Waals surface area (Å²) in [5.74, 6) is 0. The number of pyridine rings is 2. The summed E-state index contributed by atoms with van der Waals surface area (Å²) in [6.07, 6.45) is 12.2. The monoisotopic (exact) mass is 517 g/mol. The largest absolute Gasteiger partial charge is 0.250 e. The average molecular weight is 519 g/mol. The fourth-order valence-corrected chi connectivity index (χ4v) is 3.49. The second-order valence-electron chi connectivity index (χ2n) is 6.78. The molecule has 4 aromatic rings. The molecule has 0 bridgehead atoms. The number of halogens is 2. The number of aromatic amines is 1. The van der Waals surface area contributed by atoms with Gasteiger partial charge in [0.2, 0.25) is 5.69 Å². The third kappa shape index (κ3) is 5.62. The second kappa shape index (κ2) is 9.79. The third-order valence-electron chi connectivity index (χ3n) is 4.56. The Bertz CT molecular complexity index is 1100. The first-order valence-corrected chi connectivity index (χ1v) is 11.1. The van der Waals surface area contributed by atoms with E-state index in [2.05, 4.69) is 109 Å². The molecule has 0 aliphatic rings. The summed E-state index contributed by atoms with van der Waals surface area (Å²) in [4.78, 5) is 7.85. The van der Waals surface area contributed by atoms with Gasteiger partial charge in [0.1, 0.15) is 5.69 Å². The summed E-state index contributed by atoms with van der Waals surface area (Å²) in [6, 6.07) is 24.8. The molecule has 2 heterocycles. The van der Waals surface area contributed by atoms with Crippen LogP contribution in [0.3, 0.4) is 0 Å². The Kier molecular flexibility index (Phi) is 6.67. The molecule has 2 nitrogen and oxygen atoms in total. The number of hydrogen-bond acceptors (Lipinski definition) is 1. The number of nitrogens with one attached hydrogen (secondary N) is 1. The topological polar surface area (TPSA) is 27.0 Å². The number of nitrogens with zero attached hydrogens (tertiary/aromatic N) is 1. The first-order valence-electron chi connectivity index (χ1n) is 9.51. The van der Waals surface area contributed by atoms with Crippen LogP contribution < -0.4 is 4.98 Å². The molecular weight excluding hydrogens is 500 g/mol. The highest BCUT2D eigenvalue weighted by molar-refractivity contribution is 9.10. The minimum Gasteiger partial charge on any atom is -0.250 e. The zero-order valence-corrected chi connectivity index (χ0v) is 19.3. The summed E-state index contributed by atoms with van der Waals surface area (Å²) in [5.41, 5.74) is 6.42. The van der Waals surface area contributed by atoms with E-state index in [9.17, 15) is 0 Å². The van der Waals surface area contributed by atoms with Gasteiger partial charge in [0, 0.05) is 27.3 Å². The zero-order valence-electron chi connectivity index (χ0n) is 16.1. The lowest BCUT2D eigenvalue weighted by molar-refractivity contribution is -0.364. The van der Waals surface area contributed by atoms with Gasteiger partial charge in [-0.25, -0.2) is 9.97 Å². The van der Waals surface area contributed by atoms with E-state index in [1.807, 2.05) is 42.7 Å². The molecule has 146 valence electrons. The molecular formula is C26H19Br2N2+. The fraction of sp³-hybridized carbons (Fsp3) is 0. The van der Waals surface area contributed by atoms with Crippen molar-refractivity contribution >= 4 is 56.2 Å². The van der Waals surface area contributed by atoms with Gasteiger partial charge in [0.15, 0.2) is 6.20 Å². The van der Waals surface area contributed by atoms with Gasteiger partial charge in [0.05, 0.1) is 0 Å². The minimum absolute atomic E-state index is 0.909. The molecule has 0 unspecified atom stereocenters. The van der Waals surface area contributed by atoms with Crippen LogP contribution in [0.5, 0.6) is 0 Å². The molecule has 30 heavy (non-hydrogen) atoms. The molecule has 4 heteroatoms. The molecule has 2 aromatic heterocycles. The molecule has 2 aromatic carbocycles. The summed E-state index contributed by atoms with van der Waals surface area (Å²) >= 11 is 6.94. The summed E-state index contributed by atoms with van der Waals surface area (Å²) in [6.45, 7) is 0. The van der Waals surface area contributed by atoms with Gasteiger partial charge in [-0.15, -0.1) is 0 Å². The predicted molar refractivity (Wildman–Crippen MR) is 132 cm³/mol. The van der Waals surface area contributed by atoms with Crippen molar-refractivity contribution in [2.24, 2.45) is 0 Å². The van der Waals surface area contributed by atoms with Gasteiger partial charge in [-0.05, 0) is 58.7 Å². The zero-order chi connectivity index (χ0) is 20.8. The van der Waals surface area contributed by atoms with Crippen LogP contribution in [0, 0.1) is 0 Å². The van der Waals surface area contributed by atoms with E-state index in [1.54, 1.807) is 0 Å². The van der Waals surface area contributed by atoms with Crippen LogP contribution >= 0.6 is 31.9 Å². The summed E-state index contributed by atoms with van der Waals surface area (Å²) in [7, 11) is 0. The highest BCUT2D eigenvalue weighted by Crippen LogP contribution is 2.19. The molecule has 0 aliphatic carbocycles. The lowest BCUT2D eigenvalue weighted by atomic mass is 10.1. The maximum atomic E-state index is 4.54. The van der Waals surface area contributed by atoms with Crippen LogP contribution in [0.4, 0.5) is 0 Å². The van der Waals surface area contributed by atoms with Gasteiger partial charge in [-0.3, -0.25) is 0 Å². The molecule has 4 rings (SSSR count). The lowest BCUT2D eigenvalue weighted by Crippen LogP contribution is -2.06. The van der Waals surface area contributed by atoms with Crippen molar-refractivity contribution in [3.05, 3.63) is 116 Å². The molecule has 0 saturated heterocycles. The van der Waals surface area contributed by atoms with Crippen molar-refractivity contribution in [1.29, 1.82) is 0 Å². The van der Waals surface area contributed by atoms with E-state index in [1.165, 1.54) is 0 Å². The fourth-order valence-electron chi connectivity index (χ4n) is 2.97. The van der Waals surface area contributed by atoms with Gasteiger partial charge < -0.3 is 0 Å². The summed E-state index contributed by atoms with van der Waals surface area (Å²) < 4.78 is 2.16. The van der Waals surface area contributed by atoms with Crippen molar-refractivity contribution in [3.63, 3.8) is 0 Å². The Morgan fingerprint density at radius 3 is 1.73 bits per heavy atom. The van der Waals surface area contributed by atoms with E-state index in [4.69, 9.17) is 0 Å². The van der Waals surface area contributed by atoms with E-state index < -0.39 is 0 Å². The van der Waals surface area contributed by atoms with Gasteiger partial charge in [-0.1, -0.05) is 80.4 Å². The molecule has 0 aliphatic heterocycles. The SMILES string of the molecule is Brc1ccc(/C=C/c2ccnc(-c3cc(/C=C/c4ccc(Br)cc4)cc[nH+]3)c2)cc1. The highest BCUT2D eigenvalue weighted by atomic mass is 79.9. The lowest BCUT2D eigenvalue weighted by Gasteiger charge is -2.00. The number of H-pyrrole nitrogens is 1. The van der Waals surface area contributed by atoms with E-state index in [0.29, 0.717) is 0 Å². The number of rotatable bonds is 5. The smallest absolute Gasteiger partial charge is 0.230 e. The van der Waals surface area contributed by atoms with Crippen LogP contribution in [0.1, 0.15) is 22.3 Å². The average Bonchev–Trinajstić information content (AvgIpc) is 2.79. The van der Waals surface area contributed by atoms with Crippen LogP contribution in [-0.4, -0.2) is 4.98 Å². The second-order valence-corrected chi connectivity index (χ2v) is 8.61. The molecule has 1 N–H and O–H groups in total. The Morgan fingerprint density at radius 2 is 1.13 bits per heavy atom. The van der Waals surface area contributed by atoms with Crippen molar-refractivity contribution in [2.45, 2.75) is 0 Å². The maximum Gasteiger partial charge on any atom is 0.230 e. The van der Waals surface area contributed by atoms with E-state index in [0.717, 1.165) is 42.6 Å². The number of aromatic nitrogens is 2. The minimum atomic E-state index is 0.909.